The van der Waals surface area contributed by atoms with Crippen LogP contribution >= 0.6 is 11.6 Å². The highest BCUT2D eigenvalue weighted by Gasteiger charge is 2.28. The van der Waals surface area contributed by atoms with Gasteiger partial charge in [0.2, 0.25) is 5.91 Å². The maximum atomic E-state index is 13.8. The van der Waals surface area contributed by atoms with Gasteiger partial charge in [-0.1, -0.05) is 29.3 Å². The van der Waals surface area contributed by atoms with Crippen molar-refractivity contribution in [1.29, 1.82) is 0 Å². The second kappa shape index (κ2) is 9.16. The Hall–Kier alpha value is -1.43. The van der Waals surface area contributed by atoms with E-state index < -0.39 is 5.82 Å². The third kappa shape index (κ3) is 5.58. The number of carbonyl (C=O) groups is 1. The smallest absolute Gasteiger partial charge is 0.224 e. The van der Waals surface area contributed by atoms with Gasteiger partial charge in [0.15, 0.2) is 0 Å². The Kier molecular flexibility index (Phi) is 7.21. The van der Waals surface area contributed by atoms with Crippen molar-refractivity contribution < 1.29 is 18.7 Å². The first-order valence-electron chi connectivity index (χ1n) is 8.02. The lowest BCUT2D eigenvalue weighted by Crippen LogP contribution is -2.50. The second-order valence-corrected chi connectivity index (χ2v) is 6.48. The van der Waals surface area contributed by atoms with Crippen molar-refractivity contribution in [2.24, 2.45) is 0 Å². The van der Waals surface area contributed by atoms with Crippen LogP contribution in [-0.4, -0.2) is 37.9 Å². The van der Waals surface area contributed by atoms with Crippen molar-refractivity contribution in [3.8, 4) is 0 Å². The van der Waals surface area contributed by atoms with Gasteiger partial charge in [-0.15, -0.1) is 0 Å². The molecule has 0 aliphatic carbocycles. The van der Waals surface area contributed by atoms with Crippen LogP contribution in [0.2, 0.25) is 5.02 Å². The Bertz CT molecular complexity index is 582. The topological polar surface area (TPSA) is 47.6 Å². The van der Waals surface area contributed by atoms with E-state index in [0.29, 0.717) is 26.2 Å². The number of carbonyl (C=O) groups excluding carboxylic acids is 1. The average molecular weight is 356 g/mol. The van der Waals surface area contributed by atoms with Crippen molar-refractivity contribution in [3.63, 3.8) is 0 Å². The Balaban J connectivity index is 1.94. The molecule has 1 aromatic rings. The van der Waals surface area contributed by atoms with Crippen LogP contribution in [0.15, 0.2) is 29.8 Å². The third-order valence-electron chi connectivity index (χ3n) is 3.85. The highest BCUT2D eigenvalue weighted by Crippen LogP contribution is 2.20. The fraction of sp³-hybridized carbons (Fsp3) is 0.500. The molecule has 1 amide bonds. The van der Waals surface area contributed by atoms with Crippen LogP contribution in [0.5, 0.6) is 0 Å². The summed E-state index contributed by atoms with van der Waals surface area (Å²) in [6.07, 6.45) is 2.33. The molecular formula is C18H23ClFNO3. The first-order valence-corrected chi connectivity index (χ1v) is 8.40. The third-order valence-corrected chi connectivity index (χ3v) is 4.21. The van der Waals surface area contributed by atoms with Crippen molar-refractivity contribution in [3.05, 3.63) is 46.3 Å². The van der Waals surface area contributed by atoms with E-state index in [9.17, 15) is 9.18 Å². The number of hydrogen-bond acceptors (Lipinski definition) is 3. The fourth-order valence-corrected chi connectivity index (χ4v) is 2.73. The van der Waals surface area contributed by atoms with Gasteiger partial charge in [-0.3, -0.25) is 4.79 Å². The summed E-state index contributed by atoms with van der Waals surface area (Å²) in [6, 6.07) is 4.24. The highest BCUT2D eigenvalue weighted by atomic mass is 35.5. The van der Waals surface area contributed by atoms with E-state index in [1.165, 1.54) is 17.7 Å². The zero-order valence-electron chi connectivity index (χ0n) is 14.0. The number of benzene rings is 1. The first kappa shape index (κ1) is 18.9. The molecule has 1 aromatic carbocycles. The van der Waals surface area contributed by atoms with E-state index in [0.717, 1.165) is 0 Å². The molecule has 0 bridgehead atoms. The predicted octanol–water partition coefficient (Wildman–Crippen LogP) is 3.28. The number of nitrogens with one attached hydrogen (secondary N) is 1. The summed E-state index contributed by atoms with van der Waals surface area (Å²) in [5.74, 6) is -0.745. The number of allylic oxidation sites excluding steroid dienone is 1. The summed E-state index contributed by atoms with van der Waals surface area (Å²) in [5.41, 5.74) is 1.38. The van der Waals surface area contributed by atoms with Crippen LogP contribution in [0, 0.1) is 5.82 Å². The molecule has 6 heteroatoms. The molecule has 1 aliphatic heterocycles. The largest absolute Gasteiger partial charge is 0.379 e. The molecule has 0 aromatic heterocycles. The lowest BCUT2D eigenvalue weighted by atomic mass is 10.0. The molecule has 1 fully saturated rings. The molecule has 0 spiro atoms. The van der Waals surface area contributed by atoms with Crippen LogP contribution < -0.4 is 5.32 Å². The van der Waals surface area contributed by atoms with Gasteiger partial charge in [-0.05, 0) is 32.4 Å². The molecule has 1 saturated heterocycles. The van der Waals surface area contributed by atoms with Gasteiger partial charge in [0.25, 0.3) is 0 Å². The molecule has 2 rings (SSSR count). The van der Waals surface area contributed by atoms with Gasteiger partial charge in [-0.25, -0.2) is 4.39 Å². The Morgan fingerprint density at radius 3 is 3.00 bits per heavy atom. The highest BCUT2D eigenvalue weighted by molar-refractivity contribution is 6.31. The molecule has 0 unspecified atom stereocenters. The van der Waals surface area contributed by atoms with Crippen molar-refractivity contribution in [2.75, 3.05) is 19.8 Å². The Morgan fingerprint density at radius 1 is 1.50 bits per heavy atom. The van der Waals surface area contributed by atoms with E-state index in [1.54, 1.807) is 6.07 Å². The molecule has 2 atom stereocenters. The molecule has 0 radical (unpaired) electrons. The summed E-state index contributed by atoms with van der Waals surface area (Å²) >= 11 is 5.97. The van der Waals surface area contributed by atoms with Gasteiger partial charge in [0.05, 0.1) is 25.7 Å². The lowest BCUT2D eigenvalue weighted by Gasteiger charge is -2.32. The normalized spacial score (nSPS) is 20.5. The van der Waals surface area contributed by atoms with Gasteiger partial charge < -0.3 is 14.8 Å². The first-order chi connectivity index (χ1) is 11.5. The zero-order chi connectivity index (χ0) is 17.5. The van der Waals surface area contributed by atoms with E-state index in [-0.39, 0.29) is 35.1 Å². The Morgan fingerprint density at radius 2 is 2.29 bits per heavy atom. The van der Waals surface area contributed by atoms with E-state index in [1.807, 2.05) is 19.9 Å². The number of amides is 1. The average Bonchev–Trinajstić information content (AvgIpc) is 2.52. The molecular weight excluding hydrogens is 333 g/mol. The number of rotatable bonds is 6. The lowest BCUT2D eigenvalue weighted by molar-refractivity contribution is -0.125. The Labute approximate surface area is 147 Å². The molecule has 0 saturated carbocycles. The maximum Gasteiger partial charge on any atom is 0.224 e. The van der Waals surface area contributed by atoms with Crippen LogP contribution in [0.1, 0.15) is 25.8 Å². The molecule has 1 heterocycles. The van der Waals surface area contributed by atoms with Gasteiger partial charge in [0, 0.05) is 17.2 Å². The SMILES string of the molecule is CC(C)=CCO[C@@H]1COCC[C@H]1NC(=O)Cc1c(F)cccc1Cl. The summed E-state index contributed by atoms with van der Waals surface area (Å²) in [4.78, 5) is 12.3. The monoisotopic (exact) mass is 355 g/mol. The van der Waals surface area contributed by atoms with Gasteiger partial charge in [0.1, 0.15) is 11.9 Å². The minimum atomic E-state index is -0.471. The second-order valence-electron chi connectivity index (χ2n) is 6.07. The van der Waals surface area contributed by atoms with Crippen LogP contribution in [-0.2, 0) is 20.7 Å². The minimum Gasteiger partial charge on any atom is -0.379 e. The quantitative estimate of drug-likeness (QED) is 0.797. The van der Waals surface area contributed by atoms with Crippen LogP contribution in [0.25, 0.3) is 0 Å². The summed E-state index contributed by atoms with van der Waals surface area (Å²) < 4.78 is 25.0. The van der Waals surface area contributed by atoms with Crippen molar-refractivity contribution in [2.45, 2.75) is 38.8 Å². The maximum absolute atomic E-state index is 13.8. The molecule has 132 valence electrons. The summed E-state index contributed by atoms with van der Waals surface area (Å²) in [6.45, 7) is 5.47. The standard InChI is InChI=1S/C18H23ClFNO3/c1-12(2)6-9-24-17-11-23-8-7-16(17)21-18(22)10-13-14(19)4-3-5-15(13)20/h3-6,16-17H,7-11H2,1-2H3,(H,21,22)/t16-,17-/m1/s1. The van der Waals surface area contributed by atoms with Gasteiger partial charge >= 0.3 is 0 Å². The molecule has 1 N–H and O–H groups in total. The molecule has 1 aliphatic rings. The molecule has 24 heavy (non-hydrogen) atoms. The van der Waals surface area contributed by atoms with Crippen LogP contribution in [0.3, 0.4) is 0 Å². The summed E-state index contributed by atoms with van der Waals surface area (Å²) in [7, 11) is 0. The van der Waals surface area contributed by atoms with E-state index in [2.05, 4.69) is 5.32 Å². The van der Waals surface area contributed by atoms with Crippen LogP contribution in [0.4, 0.5) is 4.39 Å². The zero-order valence-corrected chi connectivity index (χ0v) is 14.7. The predicted molar refractivity (Wildman–Crippen MR) is 91.7 cm³/mol. The minimum absolute atomic E-state index is 0.0937. The summed E-state index contributed by atoms with van der Waals surface area (Å²) in [5, 5.41) is 3.18. The number of ether oxygens (including phenoxy) is 2. The molecule has 4 nitrogen and oxygen atoms in total. The van der Waals surface area contributed by atoms with Gasteiger partial charge in [-0.2, -0.15) is 0 Å². The van der Waals surface area contributed by atoms with Crippen molar-refractivity contribution in [1.82, 2.24) is 5.32 Å². The number of halogens is 2. The van der Waals surface area contributed by atoms with E-state index in [4.69, 9.17) is 21.1 Å². The fourth-order valence-electron chi connectivity index (χ4n) is 2.50. The number of hydrogen-bond donors (Lipinski definition) is 1. The van der Waals surface area contributed by atoms with E-state index >= 15 is 0 Å². The van der Waals surface area contributed by atoms with Crippen molar-refractivity contribution >= 4 is 17.5 Å².